The number of fused-ring (bicyclic) bond motifs is 1. The van der Waals surface area contributed by atoms with Crippen LogP contribution in [-0.2, 0) is 14.8 Å². The molecule has 1 N–H and O–H groups in total. The van der Waals surface area contributed by atoms with Crippen molar-refractivity contribution in [2.75, 3.05) is 38.3 Å². The number of sulfonamides is 1. The molecule has 34 heavy (non-hydrogen) atoms. The standard InChI is InChI=1S/C24H29N3O6S/c1-3-26(4-2)24(29)18-5-8-20(9-6-18)34(30,31)27-13-11-17(12-14-27)23(28)25-19-7-10-21-22(15-19)33-16-32-21/h5-10,15,17H,3-4,11-14,16H2,1-2H3,(H,25,28). The zero-order valence-corrected chi connectivity index (χ0v) is 20.1. The summed E-state index contributed by atoms with van der Waals surface area (Å²) in [7, 11) is -3.70. The van der Waals surface area contributed by atoms with E-state index in [1.807, 2.05) is 13.8 Å². The van der Waals surface area contributed by atoms with Gasteiger partial charge in [-0.1, -0.05) is 0 Å². The van der Waals surface area contributed by atoms with Gasteiger partial charge in [0.25, 0.3) is 5.91 Å². The highest BCUT2D eigenvalue weighted by atomic mass is 32.2. The van der Waals surface area contributed by atoms with Crippen LogP contribution in [0.25, 0.3) is 0 Å². The van der Waals surface area contributed by atoms with E-state index in [1.54, 1.807) is 35.2 Å². The van der Waals surface area contributed by atoms with Crippen molar-refractivity contribution in [2.45, 2.75) is 31.6 Å². The van der Waals surface area contributed by atoms with Gasteiger partial charge >= 0.3 is 0 Å². The van der Waals surface area contributed by atoms with E-state index in [9.17, 15) is 18.0 Å². The van der Waals surface area contributed by atoms with Crippen LogP contribution in [0, 0.1) is 5.92 Å². The first-order valence-corrected chi connectivity index (χ1v) is 12.9. The molecule has 2 heterocycles. The highest BCUT2D eigenvalue weighted by Crippen LogP contribution is 2.34. The Morgan fingerprint density at radius 2 is 1.65 bits per heavy atom. The van der Waals surface area contributed by atoms with Crippen LogP contribution in [0.3, 0.4) is 0 Å². The molecule has 9 nitrogen and oxygen atoms in total. The lowest BCUT2D eigenvalue weighted by Gasteiger charge is -2.30. The number of carbonyl (C=O) groups is 2. The summed E-state index contributed by atoms with van der Waals surface area (Å²) in [5, 5.41) is 2.88. The van der Waals surface area contributed by atoms with E-state index in [1.165, 1.54) is 16.4 Å². The highest BCUT2D eigenvalue weighted by Gasteiger charge is 2.32. The number of nitrogens with zero attached hydrogens (tertiary/aromatic N) is 2. The Bertz CT molecular complexity index is 1150. The van der Waals surface area contributed by atoms with Crippen molar-refractivity contribution in [3.8, 4) is 11.5 Å². The van der Waals surface area contributed by atoms with Crippen molar-refractivity contribution in [1.29, 1.82) is 0 Å². The van der Waals surface area contributed by atoms with Crippen LogP contribution in [0.1, 0.15) is 37.0 Å². The maximum Gasteiger partial charge on any atom is 0.253 e. The van der Waals surface area contributed by atoms with Gasteiger partial charge in [0, 0.05) is 49.4 Å². The molecule has 1 fully saturated rings. The van der Waals surface area contributed by atoms with Gasteiger partial charge in [0.2, 0.25) is 22.7 Å². The van der Waals surface area contributed by atoms with E-state index in [2.05, 4.69) is 5.32 Å². The van der Waals surface area contributed by atoms with Crippen LogP contribution in [-0.4, -0.2) is 62.4 Å². The molecule has 4 rings (SSSR count). The molecule has 182 valence electrons. The predicted molar refractivity (Wildman–Crippen MR) is 126 cm³/mol. The third-order valence-corrected chi connectivity index (χ3v) is 8.17. The van der Waals surface area contributed by atoms with Crippen LogP contribution >= 0.6 is 0 Å². The fourth-order valence-corrected chi connectivity index (χ4v) is 5.66. The second-order valence-electron chi connectivity index (χ2n) is 8.24. The van der Waals surface area contributed by atoms with Gasteiger partial charge < -0.3 is 19.7 Å². The Labute approximate surface area is 199 Å². The molecule has 0 saturated carbocycles. The zero-order chi connectivity index (χ0) is 24.3. The largest absolute Gasteiger partial charge is 0.454 e. The molecule has 2 aliphatic rings. The van der Waals surface area contributed by atoms with E-state index in [4.69, 9.17) is 9.47 Å². The lowest BCUT2D eigenvalue weighted by molar-refractivity contribution is -0.120. The van der Waals surface area contributed by atoms with Gasteiger partial charge in [0.05, 0.1) is 4.90 Å². The number of hydrogen-bond acceptors (Lipinski definition) is 6. The zero-order valence-electron chi connectivity index (χ0n) is 19.3. The fraction of sp³-hybridized carbons (Fsp3) is 0.417. The highest BCUT2D eigenvalue weighted by molar-refractivity contribution is 7.89. The molecule has 2 aromatic carbocycles. The number of nitrogens with one attached hydrogen (secondary N) is 1. The minimum atomic E-state index is -3.70. The predicted octanol–water partition coefficient (Wildman–Crippen LogP) is 2.94. The van der Waals surface area contributed by atoms with Crippen molar-refractivity contribution < 1.29 is 27.5 Å². The summed E-state index contributed by atoms with van der Waals surface area (Å²) in [6.45, 7) is 5.65. The third-order valence-electron chi connectivity index (χ3n) is 6.25. The fourth-order valence-electron chi connectivity index (χ4n) is 4.19. The lowest BCUT2D eigenvalue weighted by atomic mass is 9.97. The molecule has 10 heteroatoms. The van der Waals surface area contributed by atoms with Crippen molar-refractivity contribution in [1.82, 2.24) is 9.21 Å². The van der Waals surface area contributed by atoms with Crippen LogP contribution in [0.2, 0.25) is 0 Å². The average molecular weight is 488 g/mol. The molecule has 0 aliphatic carbocycles. The molecular formula is C24H29N3O6S. The summed E-state index contributed by atoms with van der Waals surface area (Å²) in [5.41, 5.74) is 1.07. The number of amides is 2. The van der Waals surface area contributed by atoms with Crippen molar-refractivity contribution in [3.05, 3.63) is 48.0 Å². The SMILES string of the molecule is CCN(CC)C(=O)c1ccc(S(=O)(=O)N2CCC(C(=O)Nc3ccc4c(c3)OCO4)CC2)cc1. The second-order valence-corrected chi connectivity index (χ2v) is 10.2. The first kappa shape index (κ1) is 24.0. The van der Waals surface area contributed by atoms with Gasteiger partial charge in [-0.15, -0.1) is 0 Å². The average Bonchev–Trinajstić information content (AvgIpc) is 3.33. The Kier molecular flexibility index (Phi) is 7.08. The third kappa shape index (κ3) is 4.88. The molecule has 0 unspecified atom stereocenters. The maximum absolute atomic E-state index is 13.1. The van der Waals surface area contributed by atoms with Gasteiger partial charge in [-0.05, 0) is 63.1 Å². The molecule has 0 bridgehead atoms. The number of carbonyl (C=O) groups excluding carboxylic acids is 2. The molecule has 2 aromatic rings. The number of piperidine rings is 1. The smallest absolute Gasteiger partial charge is 0.253 e. The van der Waals surface area contributed by atoms with E-state index >= 15 is 0 Å². The second kappa shape index (κ2) is 10.0. The van der Waals surface area contributed by atoms with E-state index in [0.717, 1.165) is 0 Å². The molecule has 1 saturated heterocycles. The molecule has 0 aromatic heterocycles. The number of benzene rings is 2. The Morgan fingerprint density at radius 1 is 1.00 bits per heavy atom. The summed E-state index contributed by atoms with van der Waals surface area (Å²) in [6, 6.07) is 11.3. The van der Waals surface area contributed by atoms with Gasteiger partial charge in [-0.2, -0.15) is 4.31 Å². The monoisotopic (exact) mass is 487 g/mol. The summed E-state index contributed by atoms with van der Waals surface area (Å²) >= 11 is 0. The van der Waals surface area contributed by atoms with Gasteiger partial charge in [0.15, 0.2) is 11.5 Å². The number of ether oxygens (including phenoxy) is 2. The summed E-state index contributed by atoms with van der Waals surface area (Å²) in [5.74, 6) is 0.676. The van der Waals surface area contributed by atoms with Crippen LogP contribution in [0.15, 0.2) is 47.4 Å². The Balaban J connectivity index is 1.35. The first-order valence-electron chi connectivity index (χ1n) is 11.4. The minimum absolute atomic E-state index is 0.122. The normalized spacial score (nSPS) is 16.3. The van der Waals surface area contributed by atoms with E-state index < -0.39 is 10.0 Å². The lowest BCUT2D eigenvalue weighted by Crippen LogP contribution is -2.41. The minimum Gasteiger partial charge on any atom is -0.454 e. The molecule has 0 radical (unpaired) electrons. The quantitative estimate of drug-likeness (QED) is 0.644. The number of rotatable bonds is 7. The van der Waals surface area contributed by atoms with Gasteiger partial charge in [0.1, 0.15) is 0 Å². The number of anilines is 1. The molecule has 0 spiro atoms. The Hall–Kier alpha value is -3.11. The summed E-state index contributed by atoms with van der Waals surface area (Å²) in [4.78, 5) is 27.0. The van der Waals surface area contributed by atoms with Crippen molar-refractivity contribution >= 4 is 27.5 Å². The van der Waals surface area contributed by atoms with Crippen LogP contribution in [0.4, 0.5) is 5.69 Å². The molecule has 0 atom stereocenters. The van der Waals surface area contributed by atoms with Crippen LogP contribution < -0.4 is 14.8 Å². The van der Waals surface area contributed by atoms with Gasteiger partial charge in [-0.25, -0.2) is 8.42 Å². The summed E-state index contributed by atoms with van der Waals surface area (Å²) in [6.07, 6.45) is 0.849. The van der Waals surface area contributed by atoms with Crippen molar-refractivity contribution in [3.63, 3.8) is 0 Å². The van der Waals surface area contributed by atoms with Crippen LogP contribution in [0.5, 0.6) is 11.5 Å². The molecular weight excluding hydrogens is 458 g/mol. The van der Waals surface area contributed by atoms with Gasteiger partial charge in [-0.3, -0.25) is 9.59 Å². The maximum atomic E-state index is 13.1. The van der Waals surface area contributed by atoms with E-state index in [0.29, 0.717) is 48.7 Å². The first-order chi connectivity index (χ1) is 16.3. The summed E-state index contributed by atoms with van der Waals surface area (Å²) < 4.78 is 38.2. The Morgan fingerprint density at radius 3 is 2.29 bits per heavy atom. The topological polar surface area (TPSA) is 105 Å². The number of hydrogen-bond donors (Lipinski definition) is 1. The van der Waals surface area contributed by atoms with Crippen molar-refractivity contribution in [2.24, 2.45) is 5.92 Å². The van der Waals surface area contributed by atoms with E-state index in [-0.39, 0.29) is 42.5 Å². The molecule has 2 amide bonds. The molecule has 2 aliphatic heterocycles.